The molecule has 1 amide bonds. The quantitative estimate of drug-likeness (QED) is 0.457. The lowest BCUT2D eigenvalue weighted by atomic mass is 9.96. The van der Waals surface area contributed by atoms with Crippen LogP contribution in [0.5, 0.6) is 0 Å². The van der Waals surface area contributed by atoms with Crippen molar-refractivity contribution in [2.45, 2.75) is 51.0 Å². The van der Waals surface area contributed by atoms with Gasteiger partial charge in [-0.2, -0.15) is 0 Å². The van der Waals surface area contributed by atoms with Gasteiger partial charge in [0.15, 0.2) is 5.96 Å². The SMILES string of the molecule is CCC(C)NC(=O)CCNC(=NC)NCC1(c2cccc(Br)c2)CC1. The molecule has 25 heavy (non-hydrogen) atoms. The minimum Gasteiger partial charge on any atom is -0.356 e. The van der Waals surface area contributed by atoms with E-state index >= 15 is 0 Å². The average Bonchev–Trinajstić information content (AvgIpc) is 3.39. The van der Waals surface area contributed by atoms with Gasteiger partial charge in [0.1, 0.15) is 0 Å². The van der Waals surface area contributed by atoms with Crippen LogP contribution in [-0.2, 0) is 10.2 Å². The van der Waals surface area contributed by atoms with Gasteiger partial charge < -0.3 is 16.0 Å². The van der Waals surface area contributed by atoms with Crippen molar-refractivity contribution in [3.05, 3.63) is 34.3 Å². The maximum absolute atomic E-state index is 11.8. The van der Waals surface area contributed by atoms with Crippen LogP contribution in [0.2, 0.25) is 0 Å². The van der Waals surface area contributed by atoms with E-state index in [1.165, 1.54) is 18.4 Å². The maximum Gasteiger partial charge on any atom is 0.221 e. The molecule has 1 unspecified atom stereocenters. The third-order valence-electron chi connectivity index (χ3n) is 4.77. The van der Waals surface area contributed by atoms with Gasteiger partial charge in [-0.15, -0.1) is 0 Å². The topological polar surface area (TPSA) is 65.5 Å². The number of hydrogen-bond donors (Lipinski definition) is 3. The van der Waals surface area contributed by atoms with Crippen LogP contribution in [0, 0.1) is 0 Å². The van der Waals surface area contributed by atoms with Gasteiger partial charge in [-0.25, -0.2) is 0 Å². The summed E-state index contributed by atoms with van der Waals surface area (Å²) in [4.78, 5) is 16.1. The number of hydrogen-bond acceptors (Lipinski definition) is 2. The second-order valence-electron chi connectivity index (χ2n) is 6.77. The van der Waals surface area contributed by atoms with Crippen LogP contribution in [0.25, 0.3) is 0 Å². The number of guanidine groups is 1. The number of amides is 1. The molecule has 0 spiro atoms. The van der Waals surface area contributed by atoms with Crippen molar-refractivity contribution in [2.75, 3.05) is 20.1 Å². The first-order chi connectivity index (χ1) is 12.0. The van der Waals surface area contributed by atoms with E-state index in [1.54, 1.807) is 7.05 Å². The molecular formula is C19H29BrN4O. The zero-order valence-electron chi connectivity index (χ0n) is 15.4. The summed E-state index contributed by atoms with van der Waals surface area (Å²) in [7, 11) is 1.76. The van der Waals surface area contributed by atoms with E-state index in [2.05, 4.69) is 68.1 Å². The third kappa shape index (κ3) is 6.03. The smallest absolute Gasteiger partial charge is 0.221 e. The summed E-state index contributed by atoms with van der Waals surface area (Å²) in [5.41, 5.74) is 1.56. The zero-order valence-corrected chi connectivity index (χ0v) is 16.9. The van der Waals surface area contributed by atoms with Crippen molar-refractivity contribution in [1.82, 2.24) is 16.0 Å². The molecule has 1 aliphatic carbocycles. The van der Waals surface area contributed by atoms with Crippen molar-refractivity contribution in [3.8, 4) is 0 Å². The van der Waals surface area contributed by atoms with Gasteiger partial charge >= 0.3 is 0 Å². The normalized spacial score (nSPS) is 16.9. The first kappa shape index (κ1) is 19.8. The molecule has 1 aromatic rings. The minimum atomic E-state index is 0.0742. The van der Waals surface area contributed by atoms with Gasteiger partial charge in [0.25, 0.3) is 0 Å². The fourth-order valence-corrected chi connectivity index (χ4v) is 3.15. The van der Waals surface area contributed by atoms with Gasteiger partial charge in [0.05, 0.1) is 0 Å². The van der Waals surface area contributed by atoms with Crippen LogP contribution in [0.15, 0.2) is 33.7 Å². The standard InChI is InChI=1S/C19H29BrN4O/c1-4-14(2)24-17(25)8-11-22-18(21-3)23-13-19(9-10-19)15-6-5-7-16(20)12-15/h5-7,12,14H,4,8-11,13H2,1-3H3,(H,24,25)(H2,21,22,23). The fourth-order valence-electron chi connectivity index (χ4n) is 2.75. The van der Waals surface area contributed by atoms with E-state index in [4.69, 9.17) is 0 Å². The predicted octanol–water partition coefficient (Wildman–Crippen LogP) is 2.95. The highest BCUT2D eigenvalue weighted by molar-refractivity contribution is 9.10. The molecule has 0 heterocycles. The number of halogens is 1. The molecule has 0 aromatic heterocycles. The summed E-state index contributed by atoms with van der Waals surface area (Å²) >= 11 is 3.55. The van der Waals surface area contributed by atoms with Crippen LogP contribution in [-0.4, -0.2) is 38.0 Å². The van der Waals surface area contributed by atoms with E-state index < -0.39 is 0 Å². The highest BCUT2D eigenvalue weighted by Gasteiger charge is 2.44. The Morgan fingerprint density at radius 2 is 2.12 bits per heavy atom. The Labute approximate surface area is 159 Å². The Hall–Kier alpha value is -1.56. The third-order valence-corrected chi connectivity index (χ3v) is 5.27. The largest absolute Gasteiger partial charge is 0.356 e. The first-order valence-electron chi connectivity index (χ1n) is 8.99. The van der Waals surface area contributed by atoms with Crippen LogP contribution in [0.4, 0.5) is 0 Å². The molecule has 0 saturated heterocycles. The molecule has 3 N–H and O–H groups in total. The van der Waals surface area contributed by atoms with E-state index in [0.717, 1.165) is 23.4 Å². The Bertz CT molecular complexity index is 613. The van der Waals surface area contributed by atoms with Crippen molar-refractivity contribution in [3.63, 3.8) is 0 Å². The number of nitrogens with one attached hydrogen (secondary N) is 3. The second-order valence-corrected chi connectivity index (χ2v) is 7.69. The first-order valence-corrected chi connectivity index (χ1v) is 9.78. The van der Waals surface area contributed by atoms with Crippen LogP contribution < -0.4 is 16.0 Å². The van der Waals surface area contributed by atoms with E-state index in [-0.39, 0.29) is 17.4 Å². The predicted molar refractivity (Wildman–Crippen MR) is 107 cm³/mol. The molecule has 5 nitrogen and oxygen atoms in total. The van der Waals surface area contributed by atoms with Gasteiger partial charge in [-0.3, -0.25) is 9.79 Å². The summed E-state index contributed by atoms with van der Waals surface area (Å²) < 4.78 is 1.12. The summed E-state index contributed by atoms with van der Waals surface area (Å²) in [6.45, 7) is 5.50. The summed E-state index contributed by atoms with van der Waals surface area (Å²) in [6, 6.07) is 8.75. The number of benzene rings is 1. The molecule has 0 aliphatic heterocycles. The van der Waals surface area contributed by atoms with Crippen molar-refractivity contribution in [2.24, 2.45) is 4.99 Å². The Balaban J connectivity index is 1.76. The average molecular weight is 409 g/mol. The Morgan fingerprint density at radius 3 is 2.72 bits per heavy atom. The van der Waals surface area contributed by atoms with E-state index in [9.17, 15) is 4.79 Å². The van der Waals surface area contributed by atoms with Gasteiger partial charge in [-0.1, -0.05) is 35.0 Å². The van der Waals surface area contributed by atoms with Crippen molar-refractivity contribution >= 4 is 27.8 Å². The zero-order chi connectivity index (χ0) is 18.3. The molecule has 0 radical (unpaired) electrons. The van der Waals surface area contributed by atoms with Crippen LogP contribution >= 0.6 is 15.9 Å². The van der Waals surface area contributed by atoms with Gasteiger partial charge in [0.2, 0.25) is 5.91 Å². The van der Waals surface area contributed by atoms with E-state index in [1.807, 2.05) is 6.92 Å². The highest BCUT2D eigenvalue weighted by Crippen LogP contribution is 2.48. The second kappa shape index (κ2) is 9.22. The minimum absolute atomic E-state index is 0.0742. The van der Waals surface area contributed by atoms with Crippen molar-refractivity contribution in [1.29, 1.82) is 0 Å². The molecule has 138 valence electrons. The number of rotatable bonds is 8. The van der Waals surface area contributed by atoms with Crippen LogP contribution in [0.3, 0.4) is 0 Å². The molecule has 1 aliphatic rings. The van der Waals surface area contributed by atoms with Crippen molar-refractivity contribution < 1.29 is 4.79 Å². The summed E-state index contributed by atoms with van der Waals surface area (Å²) in [5.74, 6) is 0.822. The molecule has 0 bridgehead atoms. The molecule has 1 aromatic carbocycles. The lowest BCUT2D eigenvalue weighted by Gasteiger charge is -2.19. The number of nitrogens with zero attached hydrogens (tertiary/aromatic N) is 1. The number of aliphatic imine (C=N–C) groups is 1. The Kier molecular flexibility index (Phi) is 7.29. The fraction of sp³-hybridized carbons (Fsp3) is 0.579. The molecular weight excluding hydrogens is 380 g/mol. The molecule has 1 fully saturated rings. The number of carbonyl (C=O) groups excluding carboxylic acids is 1. The van der Waals surface area contributed by atoms with Gasteiger partial charge in [0, 0.05) is 42.5 Å². The highest BCUT2D eigenvalue weighted by atomic mass is 79.9. The Morgan fingerprint density at radius 1 is 1.36 bits per heavy atom. The summed E-state index contributed by atoms with van der Waals surface area (Å²) in [5, 5.41) is 9.60. The lowest BCUT2D eigenvalue weighted by molar-refractivity contribution is -0.121. The molecule has 2 rings (SSSR count). The lowest BCUT2D eigenvalue weighted by Crippen LogP contribution is -2.43. The van der Waals surface area contributed by atoms with Crippen LogP contribution in [0.1, 0.15) is 45.1 Å². The molecule has 6 heteroatoms. The van der Waals surface area contributed by atoms with Gasteiger partial charge in [-0.05, 0) is 43.9 Å². The summed E-state index contributed by atoms with van der Waals surface area (Å²) in [6.07, 6.45) is 3.76. The number of carbonyl (C=O) groups is 1. The van der Waals surface area contributed by atoms with E-state index in [0.29, 0.717) is 13.0 Å². The maximum atomic E-state index is 11.8. The molecule has 1 atom stereocenters. The molecule has 1 saturated carbocycles. The monoisotopic (exact) mass is 408 g/mol.